The van der Waals surface area contributed by atoms with Gasteiger partial charge in [-0.1, -0.05) is 12.1 Å². The zero-order chi connectivity index (χ0) is 12.2. The highest BCUT2D eigenvalue weighted by atomic mass is 14.9. The molecule has 0 atom stereocenters. The van der Waals surface area contributed by atoms with Crippen molar-refractivity contribution in [1.82, 2.24) is 0 Å². The first-order chi connectivity index (χ1) is 8.06. The van der Waals surface area contributed by atoms with Gasteiger partial charge in [-0.05, 0) is 47.9 Å². The summed E-state index contributed by atoms with van der Waals surface area (Å²) >= 11 is 0. The van der Waals surface area contributed by atoms with Crippen molar-refractivity contribution < 1.29 is 0 Å². The molecular formula is C14H13N3. The Labute approximate surface area is 99.5 Å². The number of aliphatic imine (C=N–C) groups is 1. The Morgan fingerprint density at radius 2 is 1.47 bits per heavy atom. The van der Waals surface area contributed by atoms with Crippen LogP contribution in [0.3, 0.4) is 0 Å². The summed E-state index contributed by atoms with van der Waals surface area (Å²) in [5.74, 6) is 0.711. The van der Waals surface area contributed by atoms with Crippen molar-refractivity contribution in [3.05, 3.63) is 46.5 Å². The van der Waals surface area contributed by atoms with Gasteiger partial charge in [0, 0.05) is 11.1 Å². The molecule has 1 aliphatic rings. The van der Waals surface area contributed by atoms with E-state index in [0.717, 1.165) is 21.9 Å². The molecule has 84 valence electrons. The first kappa shape index (κ1) is 10.0. The van der Waals surface area contributed by atoms with Crippen molar-refractivity contribution in [1.29, 1.82) is 5.41 Å². The Kier molecular flexibility index (Phi) is 1.87. The lowest BCUT2D eigenvalue weighted by molar-refractivity contribution is 1.36. The van der Waals surface area contributed by atoms with E-state index in [2.05, 4.69) is 31.0 Å². The highest BCUT2D eigenvalue weighted by Crippen LogP contribution is 2.26. The lowest BCUT2D eigenvalue weighted by Crippen LogP contribution is -2.10. The summed E-state index contributed by atoms with van der Waals surface area (Å²) in [6.07, 6.45) is 0. The van der Waals surface area contributed by atoms with Crippen LogP contribution in [0.15, 0.2) is 29.3 Å². The van der Waals surface area contributed by atoms with Crippen molar-refractivity contribution in [2.75, 3.05) is 0 Å². The maximum Gasteiger partial charge on any atom is 0.154 e. The van der Waals surface area contributed by atoms with Crippen LogP contribution in [0.4, 0.5) is 0 Å². The predicted octanol–water partition coefficient (Wildman–Crippen LogP) is 2.50. The molecule has 0 fully saturated rings. The van der Waals surface area contributed by atoms with Crippen molar-refractivity contribution in [3.8, 4) is 0 Å². The van der Waals surface area contributed by atoms with Gasteiger partial charge in [-0.25, -0.2) is 4.99 Å². The Hall–Kier alpha value is -2.16. The summed E-state index contributed by atoms with van der Waals surface area (Å²) in [7, 11) is 0. The number of rotatable bonds is 0. The van der Waals surface area contributed by atoms with E-state index in [1.807, 2.05) is 12.1 Å². The average molecular weight is 223 g/mol. The standard InChI is InChI=1S/C14H13N3/c1-7-3-9-5-11-12(14(16)17-13(11)15)6-10(9)4-8(7)2/h3-6H,1-2H3,(H3,15,16,17). The first-order valence-corrected chi connectivity index (χ1v) is 5.55. The molecule has 0 saturated heterocycles. The van der Waals surface area contributed by atoms with E-state index in [1.54, 1.807) is 0 Å². The maximum absolute atomic E-state index is 7.76. The zero-order valence-corrected chi connectivity index (χ0v) is 9.83. The Balaban J connectivity index is 2.38. The number of nitrogens with two attached hydrogens (primary N) is 1. The molecule has 2 aromatic carbocycles. The molecule has 3 nitrogen and oxygen atoms in total. The highest BCUT2D eigenvalue weighted by molar-refractivity contribution is 6.22. The third-order valence-electron chi connectivity index (χ3n) is 3.35. The molecule has 1 aliphatic heterocycles. The molecule has 0 aromatic heterocycles. The molecule has 17 heavy (non-hydrogen) atoms. The van der Waals surface area contributed by atoms with E-state index in [4.69, 9.17) is 11.1 Å². The third-order valence-corrected chi connectivity index (χ3v) is 3.35. The van der Waals surface area contributed by atoms with Gasteiger partial charge in [-0.2, -0.15) is 0 Å². The molecule has 3 heteroatoms. The van der Waals surface area contributed by atoms with Crippen molar-refractivity contribution in [3.63, 3.8) is 0 Å². The number of aryl methyl sites for hydroxylation is 2. The number of nitrogens with zero attached hydrogens (tertiary/aromatic N) is 1. The van der Waals surface area contributed by atoms with Crippen molar-refractivity contribution >= 4 is 22.4 Å². The second-order valence-electron chi connectivity index (χ2n) is 4.53. The van der Waals surface area contributed by atoms with Gasteiger partial charge in [-0.3, -0.25) is 5.41 Å². The van der Waals surface area contributed by atoms with Crippen LogP contribution in [0.2, 0.25) is 0 Å². The van der Waals surface area contributed by atoms with Crippen molar-refractivity contribution in [2.24, 2.45) is 10.7 Å². The van der Waals surface area contributed by atoms with Gasteiger partial charge in [0.05, 0.1) is 0 Å². The lowest BCUT2D eigenvalue weighted by atomic mass is 9.97. The minimum absolute atomic E-state index is 0.262. The van der Waals surface area contributed by atoms with E-state index in [0.29, 0.717) is 5.84 Å². The zero-order valence-electron chi connectivity index (χ0n) is 9.83. The van der Waals surface area contributed by atoms with E-state index in [1.165, 1.54) is 11.1 Å². The van der Waals surface area contributed by atoms with Crippen LogP contribution < -0.4 is 5.73 Å². The largest absolute Gasteiger partial charge is 0.383 e. The maximum atomic E-state index is 7.76. The molecule has 0 saturated carbocycles. The van der Waals surface area contributed by atoms with Crippen LogP contribution in [-0.2, 0) is 0 Å². The first-order valence-electron chi connectivity index (χ1n) is 5.55. The van der Waals surface area contributed by atoms with Crippen LogP contribution in [0.5, 0.6) is 0 Å². The molecule has 0 bridgehead atoms. The molecule has 0 unspecified atom stereocenters. The minimum Gasteiger partial charge on any atom is -0.383 e. The number of benzene rings is 2. The molecule has 0 spiro atoms. The lowest BCUT2D eigenvalue weighted by Gasteiger charge is -2.07. The van der Waals surface area contributed by atoms with Gasteiger partial charge in [0.2, 0.25) is 0 Å². The summed E-state index contributed by atoms with van der Waals surface area (Å²) in [6.45, 7) is 4.19. The van der Waals surface area contributed by atoms with Crippen LogP contribution >= 0.6 is 0 Å². The summed E-state index contributed by atoms with van der Waals surface area (Å²) in [6, 6.07) is 8.33. The summed E-state index contributed by atoms with van der Waals surface area (Å²) < 4.78 is 0. The molecule has 1 heterocycles. The minimum atomic E-state index is 0.262. The highest BCUT2D eigenvalue weighted by Gasteiger charge is 2.19. The van der Waals surface area contributed by atoms with Gasteiger partial charge < -0.3 is 5.73 Å². The van der Waals surface area contributed by atoms with E-state index in [-0.39, 0.29) is 5.84 Å². The Morgan fingerprint density at radius 3 is 2.06 bits per heavy atom. The second-order valence-corrected chi connectivity index (χ2v) is 4.53. The summed E-state index contributed by atoms with van der Waals surface area (Å²) in [5, 5.41) is 10.1. The fourth-order valence-electron chi connectivity index (χ4n) is 2.23. The summed E-state index contributed by atoms with van der Waals surface area (Å²) in [4.78, 5) is 4.00. The van der Waals surface area contributed by atoms with Gasteiger partial charge >= 0.3 is 0 Å². The third kappa shape index (κ3) is 1.35. The molecule has 3 N–H and O–H groups in total. The van der Waals surface area contributed by atoms with Crippen LogP contribution in [-0.4, -0.2) is 11.7 Å². The quantitative estimate of drug-likeness (QED) is 0.708. The normalized spacial score (nSPS) is 14.0. The monoisotopic (exact) mass is 223 g/mol. The van der Waals surface area contributed by atoms with Gasteiger partial charge in [0.25, 0.3) is 0 Å². The topological polar surface area (TPSA) is 62.2 Å². The molecule has 2 aromatic rings. The Morgan fingerprint density at radius 1 is 0.941 bits per heavy atom. The second kappa shape index (κ2) is 3.17. The smallest absolute Gasteiger partial charge is 0.154 e. The van der Waals surface area contributed by atoms with Gasteiger partial charge in [-0.15, -0.1) is 0 Å². The van der Waals surface area contributed by atoms with Crippen LogP contribution in [0.1, 0.15) is 22.3 Å². The fourth-order valence-corrected chi connectivity index (χ4v) is 2.23. The number of hydrogen-bond acceptors (Lipinski definition) is 2. The number of nitrogens with one attached hydrogen (secondary N) is 1. The van der Waals surface area contributed by atoms with Crippen molar-refractivity contribution in [2.45, 2.75) is 13.8 Å². The number of amidine groups is 2. The molecule has 0 aliphatic carbocycles. The summed E-state index contributed by atoms with van der Waals surface area (Å²) in [5.41, 5.74) is 10.0. The molecular weight excluding hydrogens is 210 g/mol. The van der Waals surface area contributed by atoms with Crippen LogP contribution in [0.25, 0.3) is 10.8 Å². The number of hydrogen-bond donors (Lipinski definition) is 2. The molecule has 0 amide bonds. The predicted molar refractivity (Wildman–Crippen MR) is 71.0 cm³/mol. The average Bonchev–Trinajstić information content (AvgIpc) is 2.54. The molecule has 0 radical (unpaired) electrons. The fraction of sp³-hybridized carbons (Fsp3) is 0.143. The number of fused-ring (bicyclic) bond motifs is 2. The van der Waals surface area contributed by atoms with Gasteiger partial charge in [0.1, 0.15) is 5.84 Å². The van der Waals surface area contributed by atoms with E-state index in [9.17, 15) is 0 Å². The Bertz CT molecular complexity index is 696. The SMILES string of the molecule is Cc1cc2cc3c(cc2cc1C)C(N)=NC3=N. The molecule has 3 rings (SSSR count). The van der Waals surface area contributed by atoms with Gasteiger partial charge in [0.15, 0.2) is 5.84 Å². The van der Waals surface area contributed by atoms with E-state index >= 15 is 0 Å². The van der Waals surface area contributed by atoms with E-state index < -0.39 is 0 Å². The van der Waals surface area contributed by atoms with Crippen LogP contribution in [0, 0.1) is 19.3 Å².